The Kier molecular flexibility index (Phi) is 3.61. The highest BCUT2D eigenvalue weighted by molar-refractivity contribution is 5.83. The van der Waals surface area contributed by atoms with E-state index in [1.807, 2.05) is 0 Å². The topological polar surface area (TPSA) is 75.6 Å². The van der Waals surface area contributed by atoms with E-state index in [0.717, 1.165) is 19.3 Å². The lowest BCUT2D eigenvalue weighted by atomic mass is 9.87. The van der Waals surface area contributed by atoms with Crippen LogP contribution in [0.15, 0.2) is 0 Å². The van der Waals surface area contributed by atoms with Gasteiger partial charge in [0.2, 0.25) is 5.91 Å². The van der Waals surface area contributed by atoms with Gasteiger partial charge in [0.1, 0.15) is 6.10 Å². The summed E-state index contributed by atoms with van der Waals surface area (Å²) < 4.78 is 5.25. The summed E-state index contributed by atoms with van der Waals surface area (Å²) in [5.41, 5.74) is 0.125. The molecule has 0 bridgehead atoms. The molecule has 2 fully saturated rings. The van der Waals surface area contributed by atoms with Crippen molar-refractivity contribution in [1.29, 1.82) is 0 Å². The monoisotopic (exact) mass is 255 g/mol. The van der Waals surface area contributed by atoms with E-state index >= 15 is 0 Å². The Hall–Kier alpha value is -1.10. The molecule has 0 aromatic heterocycles. The summed E-state index contributed by atoms with van der Waals surface area (Å²) in [5.74, 6) is -1.13. The van der Waals surface area contributed by atoms with Crippen LogP contribution in [0.4, 0.5) is 0 Å². The molecule has 1 amide bonds. The lowest BCUT2D eigenvalue weighted by Gasteiger charge is -2.28. The van der Waals surface area contributed by atoms with Gasteiger partial charge in [-0.05, 0) is 31.1 Å². The van der Waals surface area contributed by atoms with Gasteiger partial charge >= 0.3 is 5.97 Å². The quantitative estimate of drug-likeness (QED) is 0.797. The Morgan fingerprint density at radius 1 is 1.22 bits per heavy atom. The lowest BCUT2D eigenvalue weighted by molar-refractivity contribution is -0.152. The zero-order valence-corrected chi connectivity index (χ0v) is 10.9. The number of ether oxygens (including phenoxy) is 1. The van der Waals surface area contributed by atoms with Crippen LogP contribution in [0.25, 0.3) is 0 Å². The molecule has 3 atom stereocenters. The number of rotatable bonds is 3. The molecular formula is C13H21NO4. The molecule has 0 radical (unpaired) electrons. The molecular weight excluding hydrogens is 234 g/mol. The summed E-state index contributed by atoms with van der Waals surface area (Å²) >= 11 is 0. The van der Waals surface area contributed by atoms with E-state index < -0.39 is 18.2 Å². The molecule has 2 aliphatic rings. The first-order valence-corrected chi connectivity index (χ1v) is 6.59. The van der Waals surface area contributed by atoms with Crippen molar-refractivity contribution < 1.29 is 19.4 Å². The largest absolute Gasteiger partial charge is 0.479 e. The summed E-state index contributed by atoms with van der Waals surface area (Å²) in [6, 6.07) is 0.178. The molecule has 1 heterocycles. The van der Waals surface area contributed by atoms with Gasteiger partial charge in [-0.3, -0.25) is 4.79 Å². The van der Waals surface area contributed by atoms with Crippen molar-refractivity contribution in [2.45, 2.75) is 64.2 Å². The maximum Gasteiger partial charge on any atom is 0.332 e. The second kappa shape index (κ2) is 4.88. The minimum absolute atomic E-state index is 0.125. The summed E-state index contributed by atoms with van der Waals surface area (Å²) in [6.45, 7) is 4.31. The zero-order chi connectivity index (χ0) is 13.3. The molecule has 5 heteroatoms. The minimum Gasteiger partial charge on any atom is -0.479 e. The molecule has 3 unspecified atom stereocenters. The lowest BCUT2D eigenvalue weighted by Crippen LogP contribution is -2.46. The van der Waals surface area contributed by atoms with Gasteiger partial charge in [0, 0.05) is 6.04 Å². The molecule has 2 rings (SSSR count). The van der Waals surface area contributed by atoms with E-state index in [1.165, 1.54) is 0 Å². The van der Waals surface area contributed by atoms with Crippen molar-refractivity contribution in [2.24, 2.45) is 5.41 Å². The Balaban J connectivity index is 1.88. The van der Waals surface area contributed by atoms with E-state index in [0.29, 0.717) is 12.8 Å². The minimum atomic E-state index is -0.980. The van der Waals surface area contributed by atoms with E-state index in [4.69, 9.17) is 9.84 Å². The predicted molar refractivity (Wildman–Crippen MR) is 65.1 cm³/mol. The van der Waals surface area contributed by atoms with Crippen LogP contribution in [0.3, 0.4) is 0 Å². The van der Waals surface area contributed by atoms with Gasteiger partial charge in [-0.15, -0.1) is 0 Å². The third-order valence-corrected chi connectivity index (χ3v) is 4.16. The van der Waals surface area contributed by atoms with E-state index in [1.54, 1.807) is 0 Å². The third kappa shape index (κ3) is 2.66. The van der Waals surface area contributed by atoms with Gasteiger partial charge in [0.05, 0.1) is 0 Å². The van der Waals surface area contributed by atoms with Crippen LogP contribution in [-0.4, -0.2) is 35.2 Å². The van der Waals surface area contributed by atoms with Gasteiger partial charge < -0.3 is 15.2 Å². The van der Waals surface area contributed by atoms with Gasteiger partial charge in [-0.1, -0.05) is 20.3 Å². The number of carbonyl (C=O) groups is 2. The normalized spacial score (nSPS) is 34.4. The smallest absolute Gasteiger partial charge is 0.332 e. The average molecular weight is 255 g/mol. The second-order valence-corrected chi connectivity index (χ2v) is 5.97. The van der Waals surface area contributed by atoms with Gasteiger partial charge in [-0.25, -0.2) is 4.79 Å². The van der Waals surface area contributed by atoms with Crippen LogP contribution >= 0.6 is 0 Å². The predicted octanol–water partition coefficient (Wildman–Crippen LogP) is 1.31. The molecule has 18 heavy (non-hydrogen) atoms. The molecule has 0 aromatic rings. The molecule has 0 spiro atoms. The van der Waals surface area contributed by atoms with Gasteiger partial charge in [0.25, 0.3) is 0 Å². The van der Waals surface area contributed by atoms with Crippen LogP contribution in [0.2, 0.25) is 0 Å². The molecule has 1 aliphatic heterocycles. The molecule has 2 N–H and O–H groups in total. The number of carbonyl (C=O) groups excluding carboxylic acids is 1. The van der Waals surface area contributed by atoms with Crippen molar-refractivity contribution >= 4 is 11.9 Å². The molecule has 5 nitrogen and oxygen atoms in total. The maximum absolute atomic E-state index is 12.0. The Bertz CT molecular complexity index is 353. The van der Waals surface area contributed by atoms with E-state index in [9.17, 15) is 9.59 Å². The summed E-state index contributed by atoms with van der Waals surface area (Å²) in [6.07, 6.45) is 2.73. The average Bonchev–Trinajstić information content (AvgIpc) is 2.86. The molecule has 1 aliphatic carbocycles. The summed E-state index contributed by atoms with van der Waals surface area (Å²) in [4.78, 5) is 22.8. The molecule has 0 aromatic carbocycles. The van der Waals surface area contributed by atoms with Crippen molar-refractivity contribution in [3.8, 4) is 0 Å². The van der Waals surface area contributed by atoms with Crippen molar-refractivity contribution in [2.75, 3.05) is 0 Å². The maximum atomic E-state index is 12.0. The van der Waals surface area contributed by atoms with Crippen LogP contribution < -0.4 is 5.32 Å². The Labute approximate surface area is 107 Å². The van der Waals surface area contributed by atoms with E-state index in [-0.39, 0.29) is 17.4 Å². The number of hydrogen-bond acceptors (Lipinski definition) is 3. The standard InChI is InChI=1S/C13H21NO4/c1-13(2)7-3-4-10(13)14-11(15)8-5-6-9(18-8)12(16)17/h8-10H,3-7H2,1-2H3,(H,14,15)(H,16,17). The summed E-state index contributed by atoms with van der Waals surface area (Å²) in [7, 11) is 0. The SMILES string of the molecule is CC1(C)CCCC1NC(=O)C1CCC(C(=O)O)O1. The molecule has 1 saturated carbocycles. The highest BCUT2D eigenvalue weighted by Gasteiger charge is 2.39. The number of aliphatic carboxylic acids is 1. The first-order valence-electron chi connectivity index (χ1n) is 6.59. The summed E-state index contributed by atoms with van der Waals surface area (Å²) in [5, 5.41) is 11.8. The molecule has 1 saturated heterocycles. The Morgan fingerprint density at radius 3 is 2.39 bits per heavy atom. The van der Waals surface area contributed by atoms with Gasteiger partial charge in [-0.2, -0.15) is 0 Å². The number of nitrogens with one attached hydrogen (secondary N) is 1. The first-order chi connectivity index (χ1) is 8.40. The van der Waals surface area contributed by atoms with E-state index in [2.05, 4.69) is 19.2 Å². The Morgan fingerprint density at radius 2 is 1.89 bits per heavy atom. The second-order valence-electron chi connectivity index (χ2n) is 5.97. The van der Waals surface area contributed by atoms with Crippen molar-refractivity contribution in [1.82, 2.24) is 5.32 Å². The third-order valence-electron chi connectivity index (χ3n) is 4.16. The fourth-order valence-electron chi connectivity index (χ4n) is 2.87. The van der Waals surface area contributed by atoms with Gasteiger partial charge in [0.15, 0.2) is 6.10 Å². The highest BCUT2D eigenvalue weighted by atomic mass is 16.5. The fraction of sp³-hybridized carbons (Fsp3) is 0.846. The van der Waals surface area contributed by atoms with Crippen molar-refractivity contribution in [3.63, 3.8) is 0 Å². The van der Waals surface area contributed by atoms with Crippen LogP contribution in [0.1, 0.15) is 46.0 Å². The number of amides is 1. The van der Waals surface area contributed by atoms with Crippen molar-refractivity contribution in [3.05, 3.63) is 0 Å². The van der Waals surface area contributed by atoms with Crippen LogP contribution in [-0.2, 0) is 14.3 Å². The van der Waals surface area contributed by atoms with Crippen LogP contribution in [0.5, 0.6) is 0 Å². The number of carboxylic acid groups (broad SMARTS) is 1. The first kappa shape index (κ1) is 13.3. The number of carboxylic acids is 1. The van der Waals surface area contributed by atoms with Crippen LogP contribution in [0, 0.1) is 5.41 Å². The fourth-order valence-corrected chi connectivity index (χ4v) is 2.87. The zero-order valence-electron chi connectivity index (χ0n) is 10.9. The highest BCUT2D eigenvalue weighted by Crippen LogP contribution is 2.37. The molecule has 102 valence electrons. The number of hydrogen-bond donors (Lipinski definition) is 2.